The maximum Gasteiger partial charge on any atom is 0.350 e. The molecule has 1 unspecified atom stereocenters. The van der Waals surface area contributed by atoms with Crippen molar-refractivity contribution >= 4 is 51.5 Å². The third-order valence-electron chi connectivity index (χ3n) is 5.89. The number of ketones is 1. The molecule has 38 heavy (non-hydrogen) atoms. The third-order valence-corrected chi connectivity index (χ3v) is 7.28. The zero-order valence-corrected chi connectivity index (χ0v) is 22.6. The van der Waals surface area contributed by atoms with Gasteiger partial charge in [0.1, 0.15) is 23.0 Å². The second-order valence-corrected chi connectivity index (χ2v) is 9.85. The summed E-state index contributed by atoms with van der Waals surface area (Å²) in [4.78, 5) is 45.0. The molecule has 2 heterocycles. The molecule has 10 heteroatoms. The fourth-order valence-electron chi connectivity index (χ4n) is 4.12. The summed E-state index contributed by atoms with van der Waals surface area (Å²) in [5, 5.41) is 12.0. The molecule has 0 bridgehead atoms. The van der Waals surface area contributed by atoms with E-state index in [1.165, 1.54) is 4.90 Å². The number of carbonyl (C=O) groups is 3. The number of esters is 1. The van der Waals surface area contributed by atoms with Crippen LogP contribution in [0.4, 0.5) is 5.13 Å². The lowest BCUT2D eigenvalue weighted by molar-refractivity contribution is -0.132. The minimum Gasteiger partial charge on any atom is -0.507 e. The van der Waals surface area contributed by atoms with Gasteiger partial charge in [0.2, 0.25) is 0 Å². The van der Waals surface area contributed by atoms with Gasteiger partial charge in [-0.3, -0.25) is 14.5 Å². The number of aliphatic hydroxyl groups is 1. The van der Waals surface area contributed by atoms with Crippen molar-refractivity contribution in [2.24, 2.45) is 0 Å². The van der Waals surface area contributed by atoms with Gasteiger partial charge in [-0.25, -0.2) is 9.78 Å². The smallest absolute Gasteiger partial charge is 0.350 e. The average molecular weight is 553 g/mol. The van der Waals surface area contributed by atoms with Crippen molar-refractivity contribution < 1.29 is 29.0 Å². The topological polar surface area (TPSA) is 106 Å². The van der Waals surface area contributed by atoms with Gasteiger partial charge in [0.15, 0.2) is 5.13 Å². The van der Waals surface area contributed by atoms with Crippen molar-refractivity contribution in [2.45, 2.75) is 26.8 Å². The van der Waals surface area contributed by atoms with E-state index in [-0.39, 0.29) is 27.9 Å². The maximum atomic E-state index is 13.4. The number of aliphatic hydroxyl groups excluding tert-OH is 1. The van der Waals surface area contributed by atoms with E-state index >= 15 is 0 Å². The van der Waals surface area contributed by atoms with Crippen LogP contribution in [0.25, 0.3) is 5.76 Å². The van der Waals surface area contributed by atoms with Crippen LogP contribution in [0.1, 0.15) is 45.0 Å². The monoisotopic (exact) mass is 552 g/mol. The van der Waals surface area contributed by atoms with Crippen molar-refractivity contribution in [2.75, 3.05) is 18.1 Å². The van der Waals surface area contributed by atoms with Crippen LogP contribution < -0.4 is 9.64 Å². The Bertz CT molecular complexity index is 1460. The van der Waals surface area contributed by atoms with E-state index in [1.807, 2.05) is 0 Å². The number of halogens is 1. The first-order valence-corrected chi connectivity index (χ1v) is 12.9. The van der Waals surface area contributed by atoms with Crippen LogP contribution in [-0.4, -0.2) is 41.0 Å². The number of hydrogen-bond donors (Lipinski definition) is 1. The van der Waals surface area contributed by atoms with E-state index in [9.17, 15) is 19.5 Å². The second kappa shape index (κ2) is 11.2. The molecule has 0 spiro atoms. The van der Waals surface area contributed by atoms with Crippen molar-refractivity contribution in [3.8, 4) is 5.75 Å². The van der Waals surface area contributed by atoms with Crippen LogP contribution in [0, 0.1) is 13.8 Å². The van der Waals surface area contributed by atoms with E-state index in [0.717, 1.165) is 16.9 Å². The average Bonchev–Trinajstić information content (AvgIpc) is 3.40. The normalized spacial score (nSPS) is 16.5. The van der Waals surface area contributed by atoms with Crippen LogP contribution >= 0.6 is 22.9 Å². The van der Waals surface area contributed by atoms with Crippen LogP contribution in [0.15, 0.2) is 60.7 Å². The van der Waals surface area contributed by atoms with Crippen molar-refractivity contribution in [1.29, 1.82) is 0 Å². The van der Waals surface area contributed by atoms with Crippen molar-refractivity contribution in [3.05, 3.63) is 93.0 Å². The zero-order valence-electron chi connectivity index (χ0n) is 21.0. The highest BCUT2D eigenvalue weighted by atomic mass is 35.5. The summed E-state index contributed by atoms with van der Waals surface area (Å²) < 4.78 is 10.7. The Hall–Kier alpha value is -3.95. The predicted molar refractivity (Wildman–Crippen MR) is 146 cm³/mol. The summed E-state index contributed by atoms with van der Waals surface area (Å²) in [6, 6.07) is 10.5. The van der Waals surface area contributed by atoms with E-state index in [4.69, 9.17) is 21.1 Å². The molecule has 0 saturated carbocycles. The second-order valence-electron chi connectivity index (χ2n) is 8.43. The largest absolute Gasteiger partial charge is 0.507 e. The quantitative estimate of drug-likeness (QED) is 0.124. The van der Waals surface area contributed by atoms with Gasteiger partial charge < -0.3 is 14.6 Å². The number of aryl methyl sites for hydroxylation is 2. The lowest BCUT2D eigenvalue weighted by atomic mass is 9.95. The predicted octanol–water partition coefficient (Wildman–Crippen LogP) is 5.78. The highest BCUT2D eigenvalue weighted by Crippen LogP contribution is 2.44. The first-order valence-electron chi connectivity index (χ1n) is 11.7. The van der Waals surface area contributed by atoms with E-state index in [2.05, 4.69) is 11.6 Å². The molecule has 1 aliphatic rings. The van der Waals surface area contributed by atoms with Crippen molar-refractivity contribution in [3.63, 3.8) is 0 Å². The number of thiazole rings is 1. The van der Waals surface area contributed by atoms with Gasteiger partial charge in [0, 0.05) is 10.6 Å². The van der Waals surface area contributed by atoms with Crippen LogP contribution in [0.5, 0.6) is 5.75 Å². The number of anilines is 1. The fraction of sp³-hybridized carbons (Fsp3) is 0.214. The van der Waals surface area contributed by atoms with Crippen LogP contribution in [0.3, 0.4) is 0 Å². The molecular formula is C28H25ClN2O6S. The van der Waals surface area contributed by atoms with Gasteiger partial charge in [0.05, 0.1) is 23.9 Å². The summed E-state index contributed by atoms with van der Waals surface area (Å²) in [7, 11) is 0. The number of carbonyl (C=O) groups excluding carboxylic acids is 3. The Labute approximate surface area is 228 Å². The summed E-state index contributed by atoms with van der Waals surface area (Å²) in [6.45, 7) is 9.24. The molecule has 1 aromatic heterocycles. The van der Waals surface area contributed by atoms with Gasteiger partial charge in [-0.2, -0.15) is 0 Å². The summed E-state index contributed by atoms with van der Waals surface area (Å²) in [6.07, 6.45) is 1.62. The molecular weight excluding hydrogens is 528 g/mol. The van der Waals surface area contributed by atoms with Gasteiger partial charge in [-0.15, -0.1) is 0 Å². The molecule has 1 saturated heterocycles. The lowest BCUT2D eigenvalue weighted by Crippen LogP contribution is -2.29. The number of rotatable bonds is 8. The van der Waals surface area contributed by atoms with Gasteiger partial charge in [0.25, 0.3) is 5.78 Å². The van der Waals surface area contributed by atoms with Crippen molar-refractivity contribution in [1.82, 2.24) is 4.98 Å². The first-order chi connectivity index (χ1) is 18.2. The highest BCUT2D eigenvalue weighted by Gasteiger charge is 2.48. The number of ether oxygens (including phenoxy) is 2. The Morgan fingerprint density at radius 2 is 1.92 bits per heavy atom. The Kier molecular flexibility index (Phi) is 7.99. The Morgan fingerprint density at radius 3 is 2.55 bits per heavy atom. The Morgan fingerprint density at radius 1 is 1.21 bits per heavy atom. The molecule has 8 nitrogen and oxygen atoms in total. The molecule has 2 aromatic carbocycles. The number of aromatic nitrogens is 1. The van der Waals surface area contributed by atoms with Crippen LogP contribution in [0.2, 0.25) is 5.02 Å². The molecule has 0 aliphatic carbocycles. The molecule has 1 atom stereocenters. The SMILES string of the molecule is C=CCOc1ccc(C(O)=C2C(=O)C(=O)N(c3nc(C)c(C(=O)OCC)s3)C2c2ccc(Cl)cc2)cc1C. The summed E-state index contributed by atoms with van der Waals surface area (Å²) in [5.74, 6) is -2.07. The number of nitrogens with zero attached hydrogens (tertiary/aromatic N) is 2. The Balaban J connectivity index is 1.87. The number of Topliss-reactive ketones (excluding diaryl/α,β-unsaturated/α-hetero) is 1. The van der Waals surface area contributed by atoms with E-state index < -0.39 is 23.7 Å². The third kappa shape index (κ3) is 5.07. The van der Waals surface area contributed by atoms with E-state index in [1.54, 1.807) is 69.3 Å². The van der Waals surface area contributed by atoms with Gasteiger partial charge >= 0.3 is 11.9 Å². The molecule has 196 valence electrons. The molecule has 4 rings (SSSR count). The first kappa shape index (κ1) is 27.1. The molecule has 0 radical (unpaired) electrons. The van der Waals surface area contributed by atoms with E-state index in [0.29, 0.717) is 34.2 Å². The fourth-order valence-corrected chi connectivity index (χ4v) is 5.24. The molecule has 1 amide bonds. The highest BCUT2D eigenvalue weighted by molar-refractivity contribution is 7.17. The van der Waals surface area contributed by atoms with Crippen LogP contribution in [-0.2, 0) is 14.3 Å². The number of hydrogen-bond acceptors (Lipinski definition) is 8. The maximum absolute atomic E-state index is 13.4. The minimum absolute atomic E-state index is 0.109. The standard InChI is InChI=1S/C28H25ClN2O6S/c1-5-13-37-20-12-9-18(14-15(20)3)23(32)21-22(17-7-10-19(29)11-8-17)31(26(34)24(21)33)28-30-16(4)25(38-28)27(35)36-6-2/h5,7-12,14,22,32H,1,6,13H2,2-4H3. The number of benzene rings is 2. The molecule has 1 N–H and O–H groups in total. The summed E-state index contributed by atoms with van der Waals surface area (Å²) in [5.41, 5.74) is 1.85. The minimum atomic E-state index is -1.01. The lowest BCUT2D eigenvalue weighted by Gasteiger charge is -2.23. The van der Waals surface area contributed by atoms with Gasteiger partial charge in [-0.05, 0) is 62.2 Å². The van der Waals surface area contributed by atoms with Gasteiger partial charge in [-0.1, -0.05) is 47.7 Å². The molecule has 1 aliphatic heterocycles. The zero-order chi connectivity index (χ0) is 27.6. The summed E-state index contributed by atoms with van der Waals surface area (Å²) >= 11 is 7.04. The molecule has 3 aromatic rings. The molecule has 1 fully saturated rings. The number of amides is 1.